The summed E-state index contributed by atoms with van der Waals surface area (Å²) in [6.45, 7) is 0.456. The first-order valence-electron chi connectivity index (χ1n) is 7.69. The lowest BCUT2D eigenvalue weighted by Crippen LogP contribution is -2.15. The fourth-order valence-electron chi connectivity index (χ4n) is 2.11. The second kappa shape index (κ2) is 10.0. The molecule has 0 aliphatic heterocycles. The third-order valence-corrected chi connectivity index (χ3v) is 4.03. The first kappa shape index (κ1) is 16.6. The third-order valence-electron chi connectivity index (χ3n) is 3.30. The lowest BCUT2D eigenvalue weighted by atomic mass is 10.1. The fourth-order valence-corrected chi connectivity index (χ4v) is 2.81. The van der Waals surface area contributed by atoms with Crippen LogP contribution >= 0.6 is 11.3 Å². The van der Waals surface area contributed by atoms with Gasteiger partial charge in [0.25, 0.3) is 0 Å². The van der Waals surface area contributed by atoms with Gasteiger partial charge >= 0.3 is 5.97 Å². The van der Waals surface area contributed by atoms with Crippen molar-refractivity contribution in [2.24, 2.45) is 0 Å². The molecule has 3 nitrogen and oxygen atoms in total. The molecule has 0 spiro atoms. The standard InChI is InChI=1S/C18H22O3S/c19-18(14-21-17-9-5-3-6-10-17)20-12-7-2-1-4-8-16-11-13-22-15-16/h3,5-6,9-11,13,15H,1-2,4,7-8,12,14H2. The summed E-state index contributed by atoms with van der Waals surface area (Å²) >= 11 is 1.75. The first-order valence-corrected chi connectivity index (χ1v) is 8.63. The van der Waals surface area contributed by atoms with E-state index in [0.717, 1.165) is 19.3 Å². The van der Waals surface area contributed by atoms with Crippen molar-refractivity contribution in [1.82, 2.24) is 0 Å². The van der Waals surface area contributed by atoms with Gasteiger partial charge in [0.2, 0.25) is 0 Å². The summed E-state index contributed by atoms with van der Waals surface area (Å²) in [5, 5.41) is 4.32. The van der Waals surface area contributed by atoms with Gasteiger partial charge in [-0.15, -0.1) is 0 Å². The van der Waals surface area contributed by atoms with Crippen molar-refractivity contribution >= 4 is 17.3 Å². The molecule has 0 unspecified atom stereocenters. The van der Waals surface area contributed by atoms with Gasteiger partial charge in [0.05, 0.1) is 6.61 Å². The molecule has 0 saturated carbocycles. The number of ether oxygens (including phenoxy) is 2. The van der Waals surface area contributed by atoms with Gasteiger partial charge in [-0.2, -0.15) is 11.3 Å². The number of hydrogen-bond acceptors (Lipinski definition) is 4. The second-order valence-electron chi connectivity index (χ2n) is 5.12. The fraction of sp³-hybridized carbons (Fsp3) is 0.389. The van der Waals surface area contributed by atoms with Crippen LogP contribution in [0.15, 0.2) is 47.2 Å². The van der Waals surface area contributed by atoms with Gasteiger partial charge in [-0.3, -0.25) is 0 Å². The number of benzene rings is 1. The largest absolute Gasteiger partial charge is 0.482 e. The molecule has 0 atom stereocenters. The minimum absolute atomic E-state index is 0.0256. The molecule has 118 valence electrons. The molecule has 0 aliphatic rings. The summed E-state index contributed by atoms with van der Waals surface area (Å²) < 4.78 is 10.5. The SMILES string of the molecule is O=C(COc1ccccc1)OCCCCCCc1ccsc1. The molecule has 2 rings (SSSR count). The predicted octanol–water partition coefficient (Wildman–Crippen LogP) is 4.47. The molecule has 1 aromatic heterocycles. The van der Waals surface area contributed by atoms with Crippen LogP contribution in [0.4, 0.5) is 0 Å². The Bertz CT molecular complexity index is 523. The highest BCUT2D eigenvalue weighted by atomic mass is 32.1. The van der Waals surface area contributed by atoms with E-state index in [0.29, 0.717) is 12.4 Å². The van der Waals surface area contributed by atoms with Crippen molar-refractivity contribution in [2.75, 3.05) is 13.2 Å². The topological polar surface area (TPSA) is 35.5 Å². The van der Waals surface area contributed by atoms with E-state index in [-0.39, 0.29) is 12.6 Å². The average molecular weight is 318 g/mol. The second-order valence-corrected chi connectivity index (χ2v) is 5.90. The van der Waals surface area contributed by atoms with E-state index in [2.05, 4.69) is 16.8 Å². The summed E-state index contributed by atoms with van der Waals surface area (Å²) in [5.74, 6) is 0.384. The Morgan fingerprint density at radius 1 is 1.00 bits per heavy atom. The molecule has 1 aromatic carbocycles. The van der Waals surface area contributed by atoms with Crippen LogP contribution in [-0.2, 0) is 16.0 Å². The molecule has 0 radical (unpaired) electrons. The average Bonchev–Trinajstić information content (AvgIpc) is 3.06. The Kier molecular flexibility index (Phi) is 7.53. The third kappa shape index (κ3) is 6.76. The van der Waals surface area contributed by atoms with Crippen molar-refractivity contribution in [3.05, 3.63) is 52.7 Å². The molecule has 0 bridgehead atoms. The Hall–Kier alpha value is -1.81. The molecule has 4 heteroatoms. The quantitative estimate of drug-likeness (QED) is 0.479. The van der Waals surface area contributed by atoms with Gasteiger partial charge in [-0.1, -0.05) is 31.0 Å². The lowest BCUT2D eigenvalue weighted by molar-refractivity contribution is -0.146. The number of thiophene rings is 1. The van der Waals surface area contributed by atoms with Crippen LogP contribution in [0.1, 0.15) is 31.2 Å². The highest BCUT2D eigenvalue weighted by Crippen LogP contribution is 2.11. The van der Waals surface area contributed by atoms with Gasteiger partial charge in [0.1, 0.15) is 5.75 Å². The van der Waals surface area contributed by atoms with E-state index < -0.39 is 0 Å². The van der Waals surface area contributed by atoms with Crippen molar-refractivity contribution in [3.63, 3.8) is 0 Å². The maximum atomic E-state index is 11.5. The molecule has 0 N–H and O–H groups in total. The van der Waals surface area contributed by atoms with E-state index >= 15 is 0 Å². The molecule has 1 heterocycles. The van der Waals surface area contributed by atoms with Gasteiger partial charge in [-0.25, -0.2) is 4.79 Å². The number of carbonyl (C=O) groups is 1. The number of esters is 1. The molecule has 0 aliphatic carbocycles. The Balaban J connectivity index is 1.43. The zero-order chi connectivity index (χ0) is 15.5. The number of hydrogen-bond donors (Lipinski definition) is 0. The lowest BCUT2D eigenvalue weighted by Gasteiger charge is -2.07. The van der Waals surface area contributed by atoms with Crippen LogP contribution < -0.4 is 4.74 Å². The molecule has 22 heavy (non-hydrogen) atoms. The van der Waals surface area contributed by atoms with E-state index in [4.69, 9.17) is 9.47 Å². The summed E-state index contributed by atoms with van der Waals surface area (Å²) in [6, 6.07) is 11.5. The van der Waals surface area contributed by atoms with E-state index in [1.54, 1.807) is 11.3 Å². The number of unbranched alkanes of at least 4 members (excludes halogenated alkanes) is 3. The van der Waals surface area contributed by atoms with Crippen LogP contribution in [-0.4, -0.2) is 19.2 Å². The van der Waals surface area contributed by atoms with Gasteiger partial charge in [0, 0.05) is 0 Å². The molecule has 2 aromatic rings. The number of carbonyl (C=O) groups excluding carboxylic acids is 1. The van der Waals surface area contributed by atoms with E-state index in [1.807, 2.05) is 30.3 Å². The van der Waals surface area contributed by atoms with Crippen LogP contribution in [0.25, 0.3) is 0 Å². The highest BCUT2D eigenvalue weighted by molar-refractivity contribution is 7.07. The minimum atomic E-state index is -0.304. The summed E-state index contributed by atoms with van der Waals surface area (Å²) in [5.41, 5.74) is 1.43. The number of para-hydroxylation sites is 1. The highest BCUT2D eigenvalue weighted by Gasteiger charge is 2.03. The van der Waals surface area contributed by atoms with Crippen LogP contribution in [0, 0.1) is 0 Å². The smallest absolute Gasteiger partial charge is 0.344 e. The van der Waals surface area contributed by atoms with Crippen molar-refractivity contribution in [3.8, 4) is 5.75 Å². The first-order chi connectivity index (χ1) is 10.8. The van der Waals surface area contributed by atoms with Crippen molar-refractivity contribution < 1.29 is 14.3 Å². The maximum absolute atomic E-state index is 11.5. The number of rotatable bonds is 10. The predicted molar refractivity (Wildman–Crippen MR) is 89.4 cm³/mol. The zero-order valence-corrected chi connectivity index (χ0v) is 13.5. The van der Waals surface area contributed by atoms with Gasteiger partial charge in [-0.05, 0) is 53.8 Å². The van der Waals surface area contributed by atoms with E-state index in [1.165, 1.54) is 18.4 Å². The van der Waals surface area contributed by atoms with Gasteiger partial charge < -0.3 is 9.47 Å². The molecule has 0 fully saturated rings. The minimum Gasteiger partial charge on any atom is -0.482 e. The monoisotopic (exact) mass is 318 g/mol. The van der Waals surface area contributed by atoms with Crippen LogP contribution in [0.3, 0.4) is 0 Å². The molecular formula is C18H22O3S. The summed E-state index contributed by atoms with van der Waals surface area (Å²) in [6.07, 6.45) is 5.53. The van der Waals surface area contributed by atoms with Crippen LogP contribution in [0.5, 0.6) is 5.75 Å². The molecule has 0 saturated heterocycles. The van der Waals surface area contributed by atoms with E-state index in [9.17, 15) is 4.79 Å². The van der Waals surface area contributed by atoms with Crippen LogP contribution in [0.2, 0.25) is 0 Å². The Morgan fingerprint density at radius 3 is 2.59 bits per heavy atom. The zero-order valence-electron chi connectivity index (χ0n) is 12.7. The molecule has 0 amide bonds. The molecular weight excluding hydrogens is 296 g/mol. The Morgan fingerprint density at radius 2 is 1.82 bits per heavy atom. The normalized spacial score (nSPS) is 10.4. The van der Waals surface area contributed by atoms with Crippen molar-refractivity contribution in [2.45, 2.75) is 32.1 Å². The van der Waals surface area contributed by atoms with Crippen molar-refractivity contribution in [1.29, 1.82) is 0 Å². The Labute approximate surface area is 135 Å². The number of aryl methyl sites for hydroxylation is 1. The maximum Gasteiger partial charge on any atom is 0.344 e. The van der Waals surface area contributed by atoms with Gasteiger partial charge in [0.15, 0.2) is 6.61 Å². The summed E-state index contributed by atoms with van der Waals surface area (Å²) in [4.78, 5) is 11.5. The summed E-state index contributed by atoms with van der Waals surface area (Å²) in [7, 11) is 0.